The van der Waals surface area contributed by atoms with Gasteiger partial charge in [0.1, 0.15) is 0 Å². The molecular weight excluding hydrogens is 244 g/mol. The van der Waals surface area contributed by atoms with Crippen molar-refractivity contribution in [1.29, 1.82) is 5.26 Å². The summed E-state index contributed by atoms with van der Waals surface area (Å²) in [6, 6.07) is 13.9. The Morgan fingerprint density at radius 1 is 1.28 bits per heavy atom. The first kappa shape index (κ1) is 12.6. The number of hydrogen-bond donors (Lipinski definition) is 0. The number of aryl methyl sites for hydroxylation is 1. The van der Waals surface area contributed by atoms with E-state index in [9.17, 15) is 5.26 Å². The second-order valence-corrected chi connectivity index (χ2v) is 4.57. The molecule has 2 aromatic rings. The van der Waals surface area contributed by atoms with Crippen LogP contribution in [0.4, 0.5) is 0 Å². The van der Waals surface area contributed by atoms with Crippen molar-refractivity contribution in [3.8, 4) is 6.07 Å². The monoisotopic (exact) mass is 256 g/mol. The van der Waals surface area contributed by atoms with Crippen molar-refractivity contribution in [2.24, 2.45) is 0 Å². The molecule has 0 radical (unpaired) electrons. The molecule has 2 rings (SSSR count). The maximum atomic E-state index is 9.21. The highest BCUT2D eigenvalue weighted by atomic mass is 35.5. The van der Waals surface area contributed by atoms with Gasteiger partial charge in [0.05, 0.1) is 12.0 Å². The van der Waals surface area contributed by atoms with Crippen molar-refractivity contribution in [1.82, 2.24) is 4.98 Å². The largest absolute Gasteiger partial charge is 0.264 e. The van der Waals surface area contributed by atoms with E-state index in [-0.39, 0.29) is 5.92 Å². The van der Waals surface area contributed by atoms with Gasteiger partial charge in [-0.05, 0) is 42.2 Å². The second kappa shape index (κ2) is 6.18. The van der Waals surface area contributed by atoms with E-state index in [1.807, 2.05) is 36.4 Å². The Labute approximate surface area is 112 Å². The van der Waals surface area contributed by atoms with E-state index < -0.39 is 0 Å². The smallest absolute Gasteiger partial charge is 0.0730 e. The van der Waals surface area contributed by atoms with Crippen LogP contribution in [-0.4, -0.2) is 4.98 Å². The highest BCUT2D eigenvalue weighted by Crippen LogP contribution is 2.21. The quantitative estimate of drug-likeness (QED) is 0.830. The molecule has 90 valence electrons. The number of rotatable bonds is 4. The maximum absolute atomic E-state index is 9.21. The number of hydrogen-bond acceptors (Lipinski definition) is 2. The summed E-state index contributed by atoms with van der Waals surface area (Å²) in [5.41, 5.74) is 2.13. The Morgan fingerprint density at radius 3 is 2.83 bits per heavy atom. The molecule has 18 heavy (non-hydrogen) atoms. The van der Waals surface area contributed by atoms with Crippen molar-refractivity contribution < 1.29 is 0 Å². The highest BCUT2D eigenvalue weighted by Gasteiger charge is 2.10. The summed E-state index contributed by atoms with van der Waals surface area (Å²) in [5.74, 6) is -0.113. The van der Waals surface area contributed by atoms with Gasteiger partial charge in [-0.15, -0.1) is 0 Å². The maximum Gasteiger partial charge on any atom is 0.0730 e. The predicted octanol–water partition coefficient (Wildman–Crippen LogP) is 3.97. The van der Waals surface area contributed by atoms with Gasteiger partial charge < -0.3 is 0 Å². The van der Waals surface area contributed by atoms with E-state index in [0.29, 0.717) is 0 Å². The normalized spacial score (nSPS) is 11.8. The van der Waals surface area contributed by atoms with Crippen molar-refractivity contribution in [2.45, 2.75) is 18.8 Å². The minimum absolute atomic E-state index is 0.113. The lowest BCUT2D eigenvalue weighted by atomic mass is 9.95. The fraction of sp³-hybridized carbons (Fsp3) is 0.200. The van der Waals surface area contributed by atoms with E-state index in [4.69, 9.17) is 11.6 Å². The van der Waals surface area contributed by atoms with Crippen molar-refractivity contribution in [3.63, 3.8) is 0 Å². The molecule has 1 aromatic carbocycles. The molecule has 0 aliphatic carbocycles. The van der Waals surface area contributed by atoms with Crippen LogP contribution in [0, 0.1) is 11.3 Å². The van der Waals surface area contributed by atoms with Crippen LogP contribution in [0.15, 0.2) is 48.8 Å². The summed E-state index contributed by atoms with van der Waals surface area (Å²) >= 11 is 5.94. The molecule has 0 spiro atoms. The molecular formula is C15H13ClN2. The number of aromatic nitrogens is 1. The minimum Gasteiger partial charge on any atom is -0.264 e. The molecule has 1 unspecified atom stereocenters. The predicted molar refractivity (Wildman–Crippen MR) is 72.4 cm³/mol. The third-order valence-electron chi connectivity index (χ3n) is 2.85. The molecule has 0 N–H and O–H groups in total. The van der Waals surface area contributed by atoms with Crippen LogP contribution in [-0.2, 0) is 6.42 Å². The van der Waals surface area contributed by atoms with Crippen LogP contribution in [0.25, 0.3) is 0 Å². The van der Waals surface area contributed by atoms with Crippen molar-refractivity contribution in [2.75, 3.05) is 0 Å². The molecule has 0 aliphatic heterocycles. The first-order chi connectivity index (χ1) is 8.79. The summed E-state index contributed by atoms with van der Waals surface area (Å²) in [4.78, 5) is 4.05. The summed E-state index contributed by atoms with van der Waals surface area (Å²) in [7, 11) is 0. The number of nitriles is 1. The molecule has 1 atom stereocenters. The van der Waals surface area contributed by atoms with E-state index in [1.165, 1.54) is 0 Å². The standard InChI is InChI=1S/C15H13ClN2/c16-15-5-1-3-12(9-15)6-7-13(10-17)14-4-2-8-18-11-14/h1-5,8-9,11,13H,6-7H2. The van der Waals surface area contributed by atoms with Gasteiger partial charge in [0, 0.05) is 17.4 Å². The summed E-state index contributed by atoms with van der Waals surface area (Å²) in [6.07, 6.45) is 5.09. The topological polar surface area (TPSA) is 36.7 Å². The molecule has 0 saturated carbocycles. The first-order valence-electron chi connectivity index (χ1n) is 5.83. The summed E-state index contributed by atoms with van der Waals surface area (Å²) < 4.78 is 0. The van der Waals surface area contributed by atoms with Gasteiger partial charge in [0.25, 0.3) is 0 Å². The highest BCUT2D eigenvalue weighted by molar-refractivity contribution is 6.30. The fourth-order valence-electron chi connectivity index (χ4n) is 1.89. The SMILES string of the molecule is N#CC(CCc1cccc(Cl)c1)c1cccnc1. The number of nitrogens with zero attached hydrogens (tertiary/aromatic N) is 2. The molecule has 0 bridgehead atoms. The molecule has 1 aromatic heterocycles. The lowest BCUT2D eigenvalue weighted by Crippen LogP contribution is -1.98. The molecule has 2 nitrogen and oxygen atoms in total. The van der Waals surface area contributed by atoms with Crippen molar-refractivity contribution >= 4 is 11.6 Å². The number of benzene rings is 1. The molecule has 0 saturated heterocycles. The van der Waals surface area contributed by atoms with E-state index in [0.717, 1.165) is 29.0 Å². The Bertz CT molecular complexity index is 546. The average Bonchev–Trinajstić information content (AvgIpc) is 2.41. The summed E-state index contributed by atoms with van der Waals surface area (Å²) in [5, 5.41) is 9.95. The Kier molecular flexibility index (Phi) is 4.33. The zero-order chi connectivity index (χ0) is 12.8. The van der Waals surface area contributed by atoms with Gasteiger partial charge in [0.15, 0.2) is 0 Å². The van der Waals surface area contributed by atoms with E-state index >= 15 is 0 Å². The molecule has 0 aliphatic rings. The fourth-order valence-corrected chi connectivity index (χ4v) is 2.10. The van der Waals surface area contributed by atoms with Gasteiger partial charge in [0.2, 0.25) is 0 Å². The van der Waals surface area contributed by atoms with Crippen LogP contribution in [0.3, 0.4) is 0 Å². The van der Waals surface area contributed by atoms with Crippen LogP contribution < -0.4 is 0 Å². The minimum atomic E-state index is -0.113. The lowest BCUT2D eigenvalue weighted by Gasteiger charge is -2.08. The lowest BCUT2D eigenvalue weighted by molar-refractivity contribution is 0.743. The van der Waals surface area contributed by atoms with Gasteiger partial charge in [-0.2, -0.15) is 5.26 Å². The first-order valence-corrected chi connectivity index (χ1v) is 6.21. The number of halogens is 1. The zero-order valence-corrected chi connectivity index (χ0v) is 10.6. The molecule has 3 heteroatoms. The second-order valence-electron chi connectivity index (χ2n) is 4.14. The van der Waals surface area contributed by atoms with Crippen LogP contribution >= 0.6 is 11.6 Å². The van der Waals surface area contributed by atoms with Gasteiger partial charge in [-0.1, -0.05) is 29.8 Å². The van der Waals surface area contributed by atoms with E-state index in [2.05, 4.69) is 11.1 Å². The molecule has 1 heterocycles. The molecule has 0 amide bonds. The van der Waals surface area contributed by atoms with Gasteiger partial charge in [-0.3, -0.25) is 4.98 Å². The summed E-state index contributed by atoms with van der Waals surface area (Å²) in [6.45, 7) is 0. The number of pyridine rings is 1. The third-order valence-corrected chi connectivity index (χ3v) is 3.09. The van der Waals surface area contributed by atoms with Crippen LogP contribution in [0.1, 0.15) is 23.5 Å². The Morgan fingerprint density at radius 2 is 2.17 bits per heavy atom. The van der Waals surface area contributed by atoms with Crippen LogP contribution in [0.5, 0.6) is 0 Å². The third kappa shape index (κ3) is 3.32. The Balaban J connectivity index is 2.03. The van der Waals surface area contributed by atoms with Gasteiger partial charge >= 0.3 is 0 Å². The van der Waals surface area contributed by atoms with Crippen LogP contribution in [0.2, 0.25) is 5.02 Å². The zero-order valence-electron chi connectivity index (χ0n) is 9.88. The Hall–Kier alpha value is -1.85. The average molecular weight is 257 g/mol. The van der Waals surface area contributed by atoms with E-state index in [1.54, 1.807) is 12.4 Å². The molecule has 0 fully saturated rings. The van der Waals surface area contributed by atoms with Gasteiger partial charge in [-0.25, -0.2) is 0 Å². The van der Waals surface area contributed by atoms with Crippen molar-refractivity contribution in [3.05, 3.63) is 64.9 Å².